The number of hydrogen-bond donors (Lipinski definition) is 1. The van der Waals surface area contributed by atoms with Crippen LogP contribution in [0.1, 0.15) is 21.6 Å². The van der Waals surface area contributed by atoms with Crippen molar-refractivity contribution in [2.75, 3.05) is 31.6 Å². The zero-order valence-corrected chi connectivity index (χ0v) is 13.2. The molecule has 1 saturated heterocycles. The van der Waals surface area contributed by atoms with Crippen molar-refractivity contribution in [3.05, 3.63) is 53.5 Å². The van der Waals surface area contributed by atoms with E-state index in [-0.39, 0.29) is 5.91 Å². The highest BCUT2D eigenvalue weighted by atomic mass is 16.5. The van der Waals surface area contributed by atoms with Gasteiger partial charge in [0, 0.05) is 19.6 Å². The van der Waals surface area contributed by atoms with Gasteiger partial charge in [0.15, 0.2) is 0 Å². The predicted octanol–water partition coefficient (Wildman–Crippen LogP) is 1.87. The van der Waals surface area contributed by atoms with Gasteiger partial charge in [0.25, 0.3) is 5.91 Å². The third-order valence-corrected chi connectivity index (χ3v) is 3.76. The molecule has 23 heavy (non-hydrogen) atoms. The highest BCUT2D eigenvalue weighted by molar-refractivity contribution is 5.92. The molecule has 2 aromatic rings. The Bertz CT molecular complexity index is 649. The standard InChI is InChI=1S/C17H20N4O2/c1-13-2-4-14(5-3-13)10-19-16-12-18-15(11-20-16)17(22)21-6-8-23-9-7-21/h2-5,11-12H,6-10H2,1H3,(H,19,20). The van der Waals surface area contributed by atoms with Crippen LogP contribution >= 0.6 is 0 Å². The van der Waals surface area contributed by atoms with Crippen LogP contribution in [0, 0.1) is 6.92 Å². The smallest absolute Gasteiger partial charge is 0.274 e. The Morgan fingerprint density at radius 2 is 1.91 bits per heavy atom. The summed E-state index contributed by atoms with van der Waals surface area (Å²) in [5, 5.41) is 3.21. The van der Waals surface area contributed by atoms with Crippen LogP contribution in [0.15, 0.2) is 36.7 Å². The van der Waals surface area contributed by atoms with Crippen molar-refractivity contribution in [2.45, 2.75) is 13.5 Å². The average Bonchev–Trinajstić information content (AvgIpc) is 2.62. The topological polar surface area (TPSA) is 67.4 Å². The molecule has 0 radical (unpaired) electrons. The predicted molar refractivity (Wildman–Crippen MR) is 87.3 cm³/mol. The number of benzene rings is 1. The number of morpholine rings is 1. The van der Waals surface area contributed by atoms with Crippen molar-refractivity contribution >= 4 is 11.7 Å². The summed E-state index contributed by atoms with van der Waals surface area (Å²) in [6, 6.07) is 8.30. The largest absolute Gasteiger partial charge is 0.378 e. The number of anilines is 1. The Hall–Kier alpha value is -2.47. The van der Waals surface area contributed by atoms with Gasteiger partial charge in [0.05, 0.1) is 25.6 Å². The van der Waals surface area contributed by atoms with E-state index in [2.05, 4.69) is 46.5 Å². The first-order valence-corrected chi connectivity index (χ1v) is 7.71. The van der Waals surface area contributed by atoms with E-state index < -0.39 is 0 Å². The second-order valence-electron chi connectivity index (χ2n) is 5.53. The van der Waals surface area contributed by atoms with Gasteiger partial charge in [-0.05, 0) is 12.5 Å². The number of ether oxygens (including phenoxy) is 1. The summed E-state index contributed by atoms with van der Waals surface area (Å²) >= 11 is 0. The lowest BCUT2D eigenvalue weighted by molar-refractivity contribution is 0.0298. The monoisotopic (exact) mass is 312 g/mol. The van der Waals surface area contributed by atoms with Crippen LogP contribution in [-0.2, 0) is 11.3 Å². The van der Waals surface area contributed by atoms with E-state index in [9.17, 15) is 4.79 Å². The maximum Gasteiger partial charge on any atom is 0.274 e. The number of rotatable bonds is 4. The van der Waals surface area contributed by atoms with E-state index in [4.69, 9.17) is 4.74 Å². The molecule has 0 unspecified atom stereocenters. The molecule has 6 nitrogen and oxygen atoms in total. The van der Waals surface area contributed by atoms with Crippen LogP contribution in [0.2, 0.25) is 0 Å². The zero-order chi connectivity index (χ0) is 16.1. The van der Waals surface area contributed by atoms with Crippen LogP contribution in [0.3, 0.4) is 0 Å². The van der Waals surface area contributed by atoms with E-state index in [1.54, 1.807) is 11.1 Å². The van der Waals surface area contributed by atoms with Gasteiger partial charge in [0.1, 0.15) is 11.5 Å². The number of aryl methyl sites for hydroxylation is 1. The van der Waals surface area contributed by atoms with E-state index >= 15 is 0 Å². The average molecular weight is 312 g/mol. The summed E-state index contributed by atoms with van der Waals surface area (Å²) < 4.78 is 5.25. The minimum atomic E-state index is -0.0918. The maximum atomic E-state index is 12.3. The zero-order valence-electron chi connectivity index (χ0n) is 13.2. The lowest BCUT2D eigenvalue weighted by atomic mass is 10.1. The lowest BCUT2D eigenvalue weighted by Crippen LogP contribution is -2.41. The van der Waals surface area contributed by atoms with Gasteiger partial charge >= 0.3 is 0 Å². The molecule has 1 N–H and O–H groups in total. The van der Waals surface area contributed by atoms with Crippen LogP contribution < -0.4 is 5.32 Å². The Labute approximate surface area is 135 Å². The summed E-state index contributed by atoms with van der Waals surface area (Å²) in [6.07, 6.45) is 3.12. The van der Waals surface area contributed by atoms with Crippen molar-refractivity contribution < 1.29 is 9.53 Å². The Kier molecular flexibility index (Phi) is 4.83. The third kappa shape index (κ3) is 4.04. The number of aromatic nitrogens is 2. The van der Waals surface area contributed by atoms with Crippen LogP contribution in [0.5, 0.6) is 0 Å². The SMILES string of the molecule is Cc1ccc(CNc2cnc(C(=O)N3CCOCC3)cn2)cc1. The number of carbonyl (C=O) groups excluding carboxylic acids is 1. The molecule has 0 aliphatic carbocycles. The molecule has 1 aromatic heterocycles. The molecule has 3 rings (SSSR count). The molecular weight excluding hydrogens is 292 g/mol. The molecule has 1 aromatic carbocycles. The van der Waals surface area contributed by atoms with E-state index in [0.29, 0.717) is 44.4 Å². The molecule has 0 spiro atoms. The van der Waals surface area contributed by atoms with E-state index in [0.717, 1.165) is 0 Å². The molecule has 0 saturated carbocycles. The number of nitrogens with zero attached hydrogens (tertiary/aromatic N) is 3. The molecule has 1 fully saturated rings. The molecule has 120 valence electrons. The molecule has 1 aliphatic rings. The van der Waals surface area contributed by atoms with Gasteiger partial charge in [-0.25, -0.2) is 9.97 Å². The molecule has 1 aliphatic heterocycles. The van der Waals surface area contributed by atoms with Gasteiger partial charge in [-0.3, -0.25) is 4.79 Å². The maximum absolute atomic E-state index is 12.3. The molecule has 6 heteroatoms. The number of carbonyl (C=O) groups is 1. The normalized spacial score (nSPS) is 14.6. The molecule has 0 atom stereocenters. The highest BCUT2D eigenvalue weighted by Gasteiger charge is 2.19. The Morgan fingerprint density at radius 3 is 2.57 bits per heavy atom. The van der Waals surface area contributed by atoms with E-state index in [1.165, 1.54) is 17.3 Å². The van der Waals surface area contributed by atoms with Gasteiger partial charge < -0.3 is 15.0 Å². The molecule has 2 heterocycles. The van der Waals surface area contributed by atoms with Crippen molar-refractivity contribution in [3.63, 3.8) is 0 Å². The number of nitrogens with one attached hydrogen (secondary N) is 1. The fourth-order valence-corrected chi connectivity index (χ4v) is 2.36. The second kappa shape index (κ2) is 7.19. The van der Waals surface area contributed by atoms with Gasteiger partial charge in [0.2, 0.25) is 0 Å². The Balaban J connectivity index is 1.58. The van der Waals surface area contributed by atoms with Crippen LogP contribution in [0.4, 0.5) is 5.82 Å². The summed E-state index contributed by atoms with van der Waals surface area (Å²) in [4.78, 5) is 22.5. The number of amides is 1. The van der Waals surface area contributed by atoms with Crippen molar-refractivity contribution in [3.8, 4) is 0 Å². The first-order valence-electron chi connectivity index (χ1n) is 7.71. The Morgan fingerprint density at radius 1 is 1.17 bits per heavy atom. The summed E-state index contributed by atoms with van der Waals surface area (Å²) in [5.74, 6) is 0.565. The summed E-state index contributed by atoms with van der Waals surface area (Å²) in [5.41, 5.74) is 2.78. The van der Waals surface area contributed by atoms with Gasteiger partial charge in [-0.1, -0.05) is 29.8 Å². The summed E-state index contributed by atoms with van der Waals surface area (Å²) in [6.45, 7) is 5.10. The van der Waals surface area contributed by atoms with Crippen molar-refractivity contribution in [1.29, 1.82) is 0 Å². The molecule has 1 amide bonds. The highest BCUT2D eigenvalue weighted by Crippen LogP contribution is 2.09. The van der Waals surface area contributed by atoms with Gasteiger partial charge in [-0.2, -0.15) is 0 Å². The second-order valence-corrected chi connectivity index (χ2v) is 5.53. The first kappa shape index (κ1) is 15.4. The third-order valence-electron chi connectivity index (χ3n) is 3.76. The molecule has 0 bridgehead atoms. The lowest BCUT2D eigenvalue weighted by Gasteiger charge is -2.26. The fraction of sp³-hybridized carbons (Fsp3) is 0.353. The van der Waals surface area contributed by atoms with E-state index in [1.807, 2.05) is 0 Å². The van der Waals surface area contributed by atoms with Gasteiger partial charge in [-0.15, -0.1) is 0 Å². The summed E-state index contributed by atoms with van der Waals surface area (Å²) in [7, 11) is 0. The van der Waals surface area contributed by atoms with Crippen LogP contribution in [-0.4, -0.2) is 47.1 Å². The van der Waals surface area contributed by atoms with Crippen molar-refractivity contribution in [2.24, 2.45) is 0 Å². The fourth-order valence-electron chi connectivity index (χ4n) is 2.36. The first-order chi connectivity index (χ1) is 11.2. The van der Waals surface area contributed by atoms with Crippen LogP contribution in [0.25, 0.3) is 0 Å². The number of hydrogen-bond acceptors (Lipinski definition) is 5. The minimum absolute atomic E-state index is 0.0918. The van der Waals surface area contributed by atoms with Crippen molar-refractivity contribution in [1.82, 2.24) is 14.9 Å². The minimum Gasteiger partial charge on any atom is -0.378 e. The quantitative estimate of drug-likeness (QED) is 0.933. The molecular formula is C17H20N4O2.